The van der Waals surface area contributed by atoms with Crippen LogP contribution < -0.4 is 14.4 Å². The van der Waals surface area contributed by atoms with Crippen molar-refractivity contribution in [2.24, 2.45) is 5.92 Å². The molecule has 1 aromatic carbocycles. The van der Waals surface area contributed by atoms with E-state index in [-0.39, 0.29) is 42.7 Å². The molecule has 1 amide bonds. The number of carbonyl (C=O) groups is 3. The molecule has 0 bridgehead atoms. The van der Waals surface area contributed by atoms with Gasteiger partial charge in [0.05, 0.1) is 34.9 Å². The van der Waals surface area contributed by atoms with Gasteiger partial charge in [0.25, 0.3) is 5.69 Å². The average Bonchev–Trinajstić information content (AvgIpc) is 3.71. The highest BCUT2D eigenvalue weighted by molar-refractivity contribution is 5.95. The van der Waals surface area contributed by atoms with Crippen LogP contribution in [0.25, 0.3) is 0 Å². The number of pyridine rings is 1. The van der Waals surface area contributed by atoms with E-state index in [1.807, 2.05) is 26.8 Å². The third kappa shape index (κ3) is 12.6. The predicted octanol–water partition coefficient (Wildman–Crippen LogP) is 9.34. The van der Waals surface area contributed by atoms with Gasteiger partial charge in [0.15, 0.2) is 0 Å². The first-order chi connectivity index (χ1) is 26.0. The number of benzene rings is 1. The van der Waals surface area contributed by atoms with Gasteiger partial charge in [-0.05, 0) is 106 Å². The lowest BCUT2D eigenvalue weighted by atomic mass is 10.00. The smallest absolute Gasteiger partial charge is 0.477 e. The molecule has 3 aromatic rings. The second-order valence-electron chi connectivity index (χ2n) is 17.0. The number of aromatic nitrogens is 3. The lowest BCUT2D eigenvalue weighted by Gasteiger charge is -2.30. The summed E-state index contributed by atoms with van der Waals surface area (Å²) < 4.78 is 44.7. The van der Waals surface area contributed by atoms with Gasteiger partial charge in [0.2, 0.25) is 5.88 Å². The van der Waals surface area contributed by atoms with Gasteiger partial charge in [-0.1, -0.05) is 6.92 Å². The van der Waals surface area contributed by atoms with E-state index in [2.05, 4.69) is 4.98 Å². The fourth-order valence-electron chi connectivity index (χ4n) is 6.04. The molecule has 2 heterocycles. The van der Waals surface area contributed by atoms with Crippen LogP contribution in [0.1, 0.15) is 113 Å². The van der Waals surface area contributed by atoms with Crippen molar-refractivity contribution in [1.82, 2.24) is 14.8 Å². The van der Waals surface area contributed by atoms with E-state index in [1.54, 1.807) is 65.3 Å². The van der Waals surface area contributed by atoms with Gasteiger partial charge >= 0.3 is 18.2 Å². The summed E-state index contributed by atoms with van der Waals surface area (Å²) in [6.07, 6.45) is -0.347. The summed E-state index contributed by atoms with van der Waals surface area (Å²) >= 11 is 0. The quantitative estimate of drug-likeness (QED) is 0.0529. The molecule has 15 nitrogen and oxygen atoms in total. The number of alkyl halides is 1. The van der Waals surface area contributed by atoms with Crippen molar-refractivity contribution < 1.29 is 47.4 Å². The highest BCUT2D eigenvalue weighted by Gasteiger charge is 2.36. The average molecular weight is 784 g/mol. The number of ether oxygens (including phenoxy) is 5. The molecule has 4 atom stereocenters. The van der Waals surface area contributed by atoms with Gasteiger partial charge in [-0.3, -0.25) is 14.9 Å². The molecule has 2 aromatic heterocycles. The lowest BCUT2D eigenvalue weighted by molar-refractivity contribution is -0.384. The van der Waals surface area contributed by atoms with E-state index >= 15 is 4.39 Å². The van der Waals surface area contributed by atoms with E-state index in [0.717, 1.165) is 0 Å². The van der Waals surface area contributed by atoms with Gasteiger partial charge in [-0.2, -0.15) is 5.10 Å². The topological polar surface area (TPSA) is 174 Å². The number of amides is 1. The number of esters is 1. The van der Waals surface area contributed by atoms with Gasteiger partial charge in [-0.25, -0.2) is 28.5 Å². The number of halogens is 1. The second kappa shape index (κ2) is 17.7. The Kier molecular flexibility index (Phi) is 13.7. The van der Waals surface area contributed by atoms with Crippen LogP contribution in [-0.2, 0) is 24.5 Å². The minimum atomic E-state index is -1.33. The minimum Gasteiger partial charge on any atom is -0.477 e. The largest absolute Gasteiger partial charge is 0.514 e. The molecule has 0 N–H and O–H groups in total. The minimum absolute atomic E-state index is 0.00662. The SMILES string of the molecule is C[C@H](CC(=O)OC(C)(C)C)C(F)CCOc1cc(N(C(=O)OC(C)(C)C)c2cc([C@H]3CC[C@@H](OC(=O)Oc4ccc([N+](=O)[O-])cc4)C3)nn2C(C)(C)C)ccn1. The van der Waals surface area contributed by atoms with Gasteiger partial charge in [0, 0.05) is 42.8 Å². The zero-order valence-electron chi connectivity index (χ0n) is 33.9. The highest BCUT2D eigenvalue weighted by Crippen LogP contribution is 2.40. The van der Waals surface area contributed by atoms with E-state index in [4.69, 9.17) is 28.8 Å². The van der Waals surface area contributed by atoms with E-state index in [0.29, 0.717) is 36.5 Å². The van der Waals surface area contributed by atoms with E-state index < -0.39 is 58.1 Å². The van der Waals surface area contributed by atoms with E-state index in [1.165, 1.54) is 35.4 Å². The number of non-ortho nitro benzene ring substituents is 1. The molecule has 16 heteroatoms. The first kappa shape index (κ1) is 43.4. The van der Waals surface area contributed by atoms with E-state index in [9.17, 15) is 24.5 Å². The second-order valence-corrected chi connectivity index (χ2v) is 17.0. The Labute approximate surface area is 326 Å². The van der Waals surface area contributed by atoms with Crippen molar-refractivity contribution in [2.75, 3.05) is 11.5 Å². The Morgan fingerprint density at radius 1 is 0.982 bits per heavy atom. The molecule has 1 aliphatic rings. The van der Waals surface area contributed by atoms with Crippen LogP contribution in [0.4, 0.5) is 31.2 Å². The molecule has 1 aliphatic carbocycles. The molecule has 306 valence electrons. The van der Waals surface area contributed by atoms with Crippen LogP contribution >= 0.6 is 0 Å². The summed E-state index contributed by atoms with van der Waals surface area (Å²) in [4.78, 5) is 54.9. The summed E-state index contributed by atoms with van der Waals surface area (Å²) in [5.74, 6) is -0.488. The molecule has 0 radical (unpaired) electrons. The first-order valence-electron chi connectivity index (χ1n) is 18.7. The third-order valence-electron chi connectivity index (χ3n) is 8.61. The van der Waals surface area contributed by atoms with Crippen LogP contribution in [0.15, 0.2) is 48.7 Å². The maximum atomic E-state index is 15.0. The van der Waals surface area contributed by atoms with Crippen molar-refractivity contribution in [3.63, 3.8) is 0 Å². The molecule has 1 saturated carbocycles. The Hall–Kier alpha value is -5.28. The first-order valence-corrected chi connectivity index (χ1v) is 18.7. The van der Waals surface area contributed by atoms with Gasteiger partial charge in [0.1, 0.15) is 35.0 Å². The standard InChI is InChI=1S/C40H54FN5O10/c1-25(21-35(47)55-39(5,6)7)31(41)18-20-52-33-23-28(17-19-42-33)44(36(48)56-40(8,9)10)34-24-32(43-45(34)38(2,3)4)26-11-14-30(22-26)54-37(49)53-29-15-12-27(13-16-29)46(50)51/h12-13,15-17,19,23-26,30-31H,11,14,18,20-22H2,1-10H3/t25-,26+,30-,31?/m1/s1. The van der Waals surface area contributed by atoms with Crippen molar-refractivity contribution in [3.8, 4) is 11.6 Å². The van der Waals surface area contributed by atoms with Crippen LogP contribution in [0.2, 0.25) is 0 Å². The number of carbonyl (C=O) groups excluding carboxylic acids is 3. The summed E-state index contributed by atoms with van der Waals surface area (Å²) in [5, 5.41) is 15.9. The van der Waals surface area contributed by atoms with Gasteiger partial charge in [-0.15, -0.1) is 0 Å². The van der Waals surface area contributed by atoms with Crippen LogP contribution in [0.3, 0.4) is 0 Å². The third-order valence-corrected chi connectivity index (χ3v) is 8.61. The van der Waals surface area contributed by atoms with Crippen molar-refractivity contribution in [2.45, 2.75) is 136 Å². The summed E-state index contributed by atoms with van der Waals surface area (Å²) in [5.41, 5.74) is -1.18. The molecular weight excluding hydrogens is 729 g/mol. The Balaban J connectivity index is 1.52. The number of anilines is 2. The van der Waals surface area contributed by atoms with Crippen LogP contribution in [0.5, 0.6) is 11.6 Å². The maximum Gasteiger partial charge on any atom is 0.514 e. The number of hydrogen-bond acceptors (Lipinski definition) is 12. The molecule has 1 unspecified atom stereocenters. The Bertz CT molecular complexity index is 1850. The molecular formula is C40H54FN5O10. The molecule has 0 saturated heterocycles. The predicted molar refractivity (Wildman–Crippen MR) is 205 cm³/mol. The zero-order valence-corrected chi connectivity index (χ0v) is 33.9. The van der Waals surface area contributed by atoms with Crippen LogP contribution in [0, 0.1) is 16.0 Å². The Morgan fingerprint density at radius 3 is 2.25 bits per heavy atom. The molecule has 56 heavy (non-hydrogen) atoms. The van der Waals surface area contributed by atoms with Crippen molar-refractivity contribution in [1.29, 1.82) is 0 Å². The monoisotopic (exact) mass is 783 g/mol. The molecule has 4 rings (SSSR count). The van der Waals surface area contributed by atoms with Crippen LogP contribution in [-0.4, -0.2) is 68.0 Å². The number of nitro benzene ring substituents is 1. The van der Waals surface area contributed by atoms with Crippen molar-refractivity contribution in [3.05, 3.63) is 64.5 Å². The normalized spacial score (nSPS) is 17.1. The number of rotatable bonds is 13. The fraction of sp³-hybridized carbons (Fsp3) is 0.575. The fourth-order valence-corrected chi connectivity index (χ4v) is 6.04. The number of hydrogen-bond donors (Lipinski definition) is 0. The maximum absolute atomic E-state index is 15.0. The van der Waals surface area contributed by atoms with Gasteiger partial charge < -0.3 is 23.7 Å². The molecule has 1 fully saturated rings. The molecule has 0 aliphatic heterocycles. The molecule has 0 spiro atoms. The summed E-state index contributed by atoms with van der Waals surface area (Å²) in [7, 11) is 0. The summed E-state index contributed by atoms with van der Waals surface area (Å²) in [6, 6.07) is 10.1. The summed E-state index contributed by atoms with van der Waals surface area (Å²) in [6.45, 7) is 18.0. The number of nitro groups is 1. The van der Waals surface area contributed by atoms with Crippen molar-refractivity contribution >= 4 is 35.4 Å². The zero-order chi connectivity index (χ0) is 41.6. The highest BCUT2D eigenvalue weighted by atomic mass is 19.1. The number of nitrogens with zero attached hydrogens (tertiary/aromatic N) is 5. The lowest BCUT2D eigenvalue weighted by Crippen LogP contribution is -2.37. The Morgan fingerprint density at radius 2 is 1.64 bits per heavy atom.